The van der Waals surface area contributed by atoms with Crippen LogP contribution in [0.3, 0.4) is 0 Å². The van der Waals surface area contributed by atoms with E-state index in [2.05, 4.69) is 19.2 Å². The minimum atomic E-state index is 0.400. The molecule has 0 aliphatic carbocycles. The molecule has 1 heterocycles. The number of nitrogens with one attached hydrogen (secondary N) is 1. The van der Waals surface area contributed by atoms with Crippen LogP contribution in [0.5, 0.6) is 0 Å². The van der Waals surface area contributed by atoms with Crippen LogP contribution in [0.4, 0.5) is 0 Å². The normalized spacial score (nSPS) is 32.4. The summed E-state index contributed by atoms with van der Waals surface area (Å²) in [5.41, 5.74) is 0.400. The van der Waals surface area contributed by atoms with Crippen LogP contribution >= 0.6 is 11.8 Å². The van der Waals surface area contributed by atoms with E-state index in [0.717, 1.165) is 13.2 Å². The van der Waals surface area contributed by atoms with Gasteiger partial charge in [-0.15, -0.1) is 0 Å². The third-order valence-electron chi connectivity index (χ3n) is 3.31. The summed E-state index contributed by atoms with van der Waals surface area (Å²) in [6.45, 7) is 6.49. The second kappa shape index (κ2) is 5.99. The Morgan fingerprint density at radius 3 is 2.86 bits per heavy atom. The highest BCUT2D eigenvalue weighted by molar-refractivity contribution is 7.99. The SMILES string of the molecule is CCSCCC1(CNC)CCOC1C. The van der Waals surface area contributed by atoms with Gasteiger partial charge >= 0.3 is 0 Å². The highest BCUT2D eigenvalue weighted by Gasteiger charge is 2.40. The van der Waals surface area contributed by atoms with E-state index >= 15 is 0 Å². The summed E-state index contributed by atoms with van der Waals surface area (Å²) in [4.78, 5) is 0. The van der Waals surface area contributed by atoms with Gasteiger partial charge in [0.1, 0.15) is 0 Å². The Labute approximate surface area is 92.2 Å². The molecule has 0 radical (unpaired) electrons. The second-order valence-electron chi connectivity index (χ2n) is 4.10. The molecule has 14 heavy (non-hydrogen) atoms. The molecule has 2 nitrogen and oxygen atoms in total. The Bertz CT molecular complexity index is 165. The maximum Gasteiger partial charge on any atom is 0.0616 e. The molecule has 0 bridgehead atoms. The fourth-order valence-corrected chi connectivity index (χ4v) is 3.08. The number of ether oxygens (including phenoxy) is 1. The van der Waals surface area contributed by atoms with Crippen LogP contribution in [-0.2, 0) is 4.74 Å². The van der Waals surface area contributed by atoms with Gasteiger partial charge in [0, 0.05) is 18.6 Å². The van der Waals surface area contributed by atoms with Crippen LogP contribution in [0.25, 0.3) is 0 Å². The van der Waals surface area contributed by atoms with E-state index in [1.54, 1.807) is 0 Å². The first-order chi connectivity index (χ1) is 6.75. The lowest BCUT2D eigenvalue weighted by Gasteiger charge is -2.32. The van der Waals surface area contributed by atoms with Crippen molar-refractivity contribution in [3.8, 4) is 0 Å². The predicted octanol–water partition coefficient (Wildman–Crippen LogP) is 2.14. The van der Waals surface area contributed by atoms with Gasteiger partial charge in [-0.05, 0) is 38.3 Å². The minimum absolute atomic E-state index is 0.400. The third kappa shape index (κ3) is 2.88. The van der Waals surface area contributed by atoms with Gasteiger partial charge in [0.2, 0.25) is 0 Å². The molecule has 0 aromatic carbocycles. The van der Waals surface area contributed by atoms with E-state index in [1.165, 1.54) is 24.3 Å². The molecule has 0 amide bonds. The third-order valence-corrected chi connectivity index (χ3v) is 4.21. The summed E-state index contributed by atoms with van der Waals surface area (Å²) >= 11 is 2.04. The topological polar surface area (TPSA) is 21.3 Å². The van der Waals surface area contributed by atoms with Crippen molar-refractivity contribution in [2.45, 2.75) is 32.8 Å². The van der Waals surface area contributed by atoms with Gasteiger partial charge in [0.15, 0.2) is 0 Å². The van der Waals surface area contributed by atoms with E-state index in [0.29, 0.717) is 11.5 Å². The molecule has 0 spiro atoms. The molecule has 1 fully saturated rings. The van der Waals surface area contributed by atoms with Gasteiger partial charge in [0.25, 0.3) is 0 Å². The largest absolute Gasteiger partial charge is 0.378 e. The summed E-state index contributed by atoms with van der Waals surface area (Å²) in [6.07, 6.45) is 2.93. The molecule has 1 aliphatic rings. The molecule has 3 heteroatoms. The van der Waals surface area contributed by atoms with Crippen LogP contribution < -0.4 is 5.32 Å². The number of thioether (sulfide) groups is 1. The summed E-state index contributed by atoms with van der Waals surface area (Å²) in [6, 6.07) is 0. The lowest BCUT2D eigenvalue weighted by atomic mass is 9.79. The minimum Gasteiger partial charge on any atom is -0.378 e. The van der Waals surface area contributed by atoms with E-state index in [9.17, 15) is 0 Å². The number of rotatable bonds is 6. The summed E-state index contributed by atoms with van der Waals surface area (Å²) < 4.78 is 5.70. The van der Waals surface area contributed by atoms with Crippen molar-refractivity contribution >= 4 is 11.8 Å². The lowest BCUT2D eigenvalue weighted by molar-refractivity contribution is 0.0626. The quantitative estimate of drug-likeness (QED) is 0.689. The summed E-state index contributed by atoms with van der Waals surface area (Å²) in [7, 11) is 2.04. The predicted molar refractivity (Wildman–Crippen MR) is 64.0 cm³/mol. The van der Waals surface area contributed by atoms with Crippen LogP contribution in [0.15, 0.2) is 0 Å². The van der Waals surface area contributed by atoms with E-state index < -0.39 is 0 Å². The van der Waals surface area contributed by atoms with Crippen molar-refractivity contribution in [2.75, 3.05) is 31.7 Å². The fourth-order valence-electron chi connectivity index (χ4n) is 2.24. The molecule has 1 rings (SSSR count). The Morgan fingerprint density at radius 2 is 2.36 bits per heavy atom. The van der Waals surface area contributed by atoms with Gasteiger partial charge in [0.05, 0.1) is 6.10 Å². The molecule has 1 aliphatic heterocycles. The first-order valence-electron chi connectivity index (χ1n) is 5.59. The molecule has 0 aromatic rings. The molecule has 1 saturated heterocycles. The molecule has 2 unspecified atom stereocenters. The maximum atomic E-state index is 5.70. The van der Waals surface area contributed by atoms with Crippen molar-refractivity contribution < 1.29 is 4.74 Å². The second-order valence-corrected chi connectivity index (χ2v) is 5.50. The van der Waals surface area contributed by atoms with Crippen molar-refractivity contribution in [2.24, 2.45) is 5.41 Å². The van der Waals surface area contributed by atoms with E-state index in [4.69, 9.17) is 4.74 Å². The molecule has 1 N–H and O–H groups in total. The summed E-state index contributed by atoms with van der Waals surface area (Å²) in [5.74, 6) is 2.50. The van der Waals surface area contributed by atoms with Crippen LogP contribution in [0.1, 0.15) is 26.7 Å². The fraction of sp³-hybridized carbons (Fsp3) is 1.00. The van der Waals surface area contributed by atoms with Crippen molar-refractivity contribution in [3.63, 3.8) is 0 Å². The van der Waals surface area contributed by atoms with Crippen LogP contribution in [0, 0.1) is 5.41 Å². The van der Waals surface area contributed by atoms with Gasteiger partial charge in [-0.2, -0.15) is 11.8 Å². The molecule has 2 atom stereocenters. The first-order valence-corrected chi connectivity index (χ1v) is 6.74. The first kappa shape index (κ1) is 12.3. The Morgan fingerprint density at radius 1 is 1.57 bits per heavy atom. The van der Waals surface area contributed by atoms with E-state index in [1.807, 2.05) is 18.8 Å². The van der Waals surface area contributed by atoms with Gasteiger partial charge in [-0.1, -0.05) is 6.92 Å². The zero-order valence-corrected chi connectivity index (χ0v) is 10.5. The van der Waals surface area contributed by atoms with Gasteiger partial charge in [-0.3, -0.25) is 0 Å². The average Bonchev–Trinajstić information content (AvgIpc) is 2.50. The van der Waals surface area contributed by atoms with E-state index in [-0.39, 0.29) is 0 Å². The summed E-state index contributed by atoms with van der Waals surface area (Å²) in [5, 5.41) is 3.32. The Balaban J connectivity index is 2.44. The van der Waals surface area contributed by atoms with Crippen LogP contribution in [-0.4, -0.2) is 37.8 Å². The highest BCUT2D eigenvalue weighted by atomic mass is 32.2. The molecular weight excluding hydrogens is 194 g/mol. The lowest BCUT2D eigenvalue weighted by Crippen LogP contribution is -2.38. The number of hydrogen-bond donors (Lipinski definition) is 1. The highest BCUT2D eigenvalue weighted by Crippen LogP contribution is 2.38. The molecule has 0 aromatic heterocycles. The zero-order valence-electron chi connectivity index (χ0n) is 9.64. The van der Waals surface area contributed by atoms with Crippen molar-refractivity contribution in [3.05, 3.63) is 0 Å². The molecule has 0 saturated carbocycles. The van der Waals surface area contributed by atoms with Gasteiger partial charge in [-0.25, -0.2) is 0 Å². The monoisotopic (exact) mass is 217 g/mol. The average molecular weight is 217 g/mol. The Kier molecular flexibility index (Phi) is 5.28. The van der Waals surface area contributed by atoms with Gasteiger partial charge < -0.3 is 10.1 Å². The van der Waals surface area contributed by atoms with Crippen molar-refractivity contribution in [1.82, 2.24) is 5.32 Å². The maximum absolute atomic E-state index is 5.70. The molecular formula is C11H23NOS. The molecule has 84 valence electrons. The number of hydrogen-bond acceptors (Lipinski definition) is 3. The zero-order chi connectivity index (χ0) is 10.4. The Hall–Kier alpha value is 0.270. The standard InChI is InChI=1S/C11H23NOS/c1-4-14-8-6-11(9-12-3)5-7-13-10(11)2/h10,12H,4-9H2,1-3H3. The van der Waals surface area contributed by atoms with Crippen LogP contribution in [0.2, 0.25) is 0 Å². The van der Waals surface area contributed by atoms with Crippen molar-refractivity contribution in [1.29, 1.82) is 0 Å². The smallest absolute Gasteiger partial charge is 0.0616 e.